The second kappa shape index (κ2) is 5.76. The molecule has 0 spiro atoms. The van der Waals surface area contributed by atoms with Gasteiger partial charge in [0.25, 0.3) is 0 Å². The third-order valence-corrected chi connectivity index (χ3v) is 2.77. The minimum Gasteiger partial charge on any atom is -0.335 e. The van der Waals surface area contributed by atoms with Crippen molar-refractivity contribution in [2.24, 2.45) is 0 Å². The van der Waals surface area contributed by atoms with Gasteiger partial charge in [-0.1, -0.05) is 11.6 Å². The van der Waals surface area contributed by atoms with E-state index in [0.717, 1.165) is 17.7 Å². The van der Waals surface area contributed by atoms with Crippen molar-refractivity contribution in [1.82, 2.24) is 4.90 Å². The summed E-state index contributed by atoms with van der Waals surface area (Å²) in [5, 5.41) is 0. The Labute approximate surface area is 106 Å². The van der Waals surface area contributed by atoms with E-state index in [0.29, 0.717) is 5.56 Å². The smallest absolute Gasteiger partial charge is 0.246 e. The Balaban J connectivity index is 2.92. The number of carbonyl (C=O) groups excluding carboxylic acids is 1. The van der Waals surface area contributed by atoms with E-state index in [9.17, 15) is 13.6 Å². The van der Waals surface area contributed by atoms with Crippen LogP contribution in [0.1, 0.15) is 32.4 Å². The molecule has 0 heterocycles. The SMILES string of the molecule is CC(C)=CC(=O)N(C)C(C)c1ccc(F)c(F)c1. The maximum absolute atomic E-state index is 13.1. The average Bonchev–Trinajstić information content (AvgIpc) is 2.30. The van der Waals surface area contributed by atoms with Gasteiger partial charge in [0.05, 0.1) is 6.04 Å². The van der Waals surface area contributed by atoms with E-state index < -0.39 is 11.6 Å². The van der Waals surface area contributed by atoms with E-state index in [2.05, 4.69) is 0 Å². The number of hydrogen-bond donors (Lipinski definition) is 0. The van der Waals surface area contributed by atoms with Crippen molar-refractivity contribution in [2.45, 2.75) is 26.8 Å². The second-order valence-electron chi connectivity index (χ2n) is 4.52. The van der Waals surface area contributed by atoms with Crippen molar-refractivity contribution in [1.29, 1.82) is 0 Å². The molecule has 1 unspecified atom stereocenters. The molecule has 4 heteroatoms. The summed E-state index contributed by atoms with van der Waals surface area (Å²) in [5.41, 5.74) is 1.45. The molecule has 0 aromatic heterocycles. The van der Waals surface area contributed by atoms with Gasteiger partial charge in [-0.25, -0.2) is 8.78 Å². The third-order valence-electron chi connectivity index (χ3n) is 2.77. The van der Waals surface area contributed by atoms with Crippen LogP contribution in [0.15, 0.2) is 29.8 Å². The van der Waals surface area contributed by atoms with Crippen LogP contribution in [0, 0.1) is 11.6 Å². The Morgan fingerprint density at radius 3 is 2.39 bits per heavy atom. The molecule has 0 saturated carbocycles. The van der Waals surface area contributed by atoms with Gasteiger partial charge in [0.1, 0.15) is 0 Å². The van der Waals surface area contributed by atoms with Crippen LogP contribution >= 0.6 is 0 Å². The number of rotatable bonds is 3. The summed E-state index contributed by atoms with van der Waals surface area (Å²) in [4.78, 5) is 13.3. The van der Waals surface area contributed by atoms with Gasteiger partial charge in [0, 0.05) is 13.1 Å². The second-order valence-corrected chi connectivity index (χ2v) is 4.52. The normalized spacial score (nSPS) is 11.9. The third kappa shape index (κ3) is 3.39. The molecule has 2 nitrogen and oxygen atoms in total. The van der Waals surface area contributed by atoms with Crippen LogP contribution in [-0.4, -0.2) is 17.9 Å². The predicted octanol–water partition coefficient (Wildman–Crippen LogP) is 3.45. The van der Waals surface area contributed by atoms with Gasteiger partial charge in [0.15, 0.2) is 11.6 Å². The van der Waals surface area contributed by atoms with Gasteiger partial charge in [-0.3, -0.25) is 4.79 Å². The molecule has 0 radical (unpaired) electrons. The molecule has 0 aliphatic heterocycles. The first-order valence-electron chi connectivity index (χ1n) is 5.69. The highest BCUT2D eigenvalue weighted by molar-refractivity contribution is 5.88. The Bertz CT molecular complexity index is 479. The van der Waals surface area contributed by atoms with E-state index in [1.54, 1.807) is 14.0 Å². The molecule has 0 fully saturated rings. The lowest BCUT2D eigenvalue weighted by molar-refractivity contribution is -0.126. The molecule has 98 valence electrons. The Morgan fingerprint density at radius 1 is 1.28 bits per heavy atom. The fourth-order valence-corrected chi connectivity index (χ4v) is 1.54. The summed E-state index contributed by atoms with van der Waals surface area (Å²) in [6, 6.07) is 3.35. The number of hydrogen-bond acceptors (Lipinski definition) is 1. The molecule has 0 aliphatic carbocycles. The van der Waals surface area contributed by atoms with Crippen molar-refractivity contribution in [3.8, 4) is 0 Å². The lowest BCUT2D eigenvalue weighted by Crippen LogP contribution is -2.28. The maximum atomic E-state index is 13.1. The van der Waals surface area contributed by atoms with Crippen molar-refractivity contribution in [3.05, 3.63) is 47.0 Å². The molecule has 0 N–H and O–H groups in total. The highest BCUT2D eigenvalue weighted by atomic mass is 19.2. The number of amides is 1. The lowest BCUT2D eigenvalue weighted by atomic mass is 10.1. The summed E-state index contributed by atoms with van der Waals surface area (Å²) in [6.45, 7) is 5.42. The van der Waals surface area contributed by atoms with E-state index in [4.69, 9.17) is 0 Å². The van der Waals surface area contributed by atoms with Crippen LogP contribution in [0.25, 0.3) is 0 Å². The summed E-state index contributed by atoms with van der Waals surface area (Å²) in [7, 11) is 1.63. The lowest BCUT2D eigenvalue weighted by Gasteiger charge is -2.24. The van der Waals surface area contributed by atoms with Crippen molar-refractivity contribution < 1.29 is 13.6 Å². The fraction of sp³-hybridized carbons (Fsp3) is 0.357. The minimum absolute atomic E-state index is 0.160. The van der Waals surface area contributed by atoms with E-state index >= 15 is 0 Å². The topological polar surface area (TPSA) is 20.3 Å². The standard InChI is InChI=1S/C14H17F2NO/c1-9(2)7-14(18)17(4)10(3)11-5-6-12(15)13(16)8-11/h5-8,10H,1-4H3. The van der Waals surface area contributed by atoms with E-state index in [1.165, 1.54) is 17.0 Å². The fourth-order valence-electron chi connectivity index (χ4n) is 1.54. The first kappa shape index (κ1) is 14.4. The number of benzene rings is 1. The molecule has 0 saturated heterocycles. The van der Waals surface area contributed by atoms with Crippen LogP contribution in [0.5, 0.6) is 0 Å². The first-order valence-corrected chi connectivity index (χ1v) is 5.69. The first-order chi connectivity index (χ1) is 8.32. The van der Waals surface area contributed by atoms with Gasteiger partial charge in [-0.05, 0) is 38.5 Å². The molecule has 1 aromatic rings. The summed E-state index contributed by atoms with van der Waals surface area (Å²) < 4.78 is 26.0. The zero-order chi connectivity index (χ0) is 13.9. The number of nitrogens with zero attached hydrogens (tertiary/aromatic N) is 1. The number of carbonyl (C=O) groups is 1. The molecule has 0 aliphatic rings. The number of likely N-dealkylation sites (N-methyl/N-ethyl adjacent to an activating group) is 1. The predicted molar refractivity (Wildman–Crippen MR) is 67.0 cm³/mol. The molecular weight excluding hydrogens is 236 g/mol. The van der Waals surface area contributed by atoms with Crippen LogP contribution in [0.4, 0.5) is 8.78 Å². The molecule has 1 aromatic carbocycles. The Morgan fingerprint density at radius 2 is 1.89 bits per heavy atom. The van der Waals surface area contributed by atoms with Gasteiger partial charge >= 0.3 is 0 Å². The minimum atomic E-state index is -0.901. The Hall–Kier alpha value is -1.71. The van der Waals surface area contributed by atoms with Crippen LogP contribution < -0.4 is 0 Å². The molecule has 0 bridgehead atoms. The van der Waals surface area contributed by atoms with Crippen LogP contribution in [-0.2, 0) is 4.79 Å². The van der Waals surface area contributed by atoms with Crippen LogP contribution in [0.2, 0.25) is 0 Å². The zero-order valence-electron chi connectivity index (χ0n) is 11.0. The highest BCUT2D eigenvalue weighted by Gasteiger charge is 2.17. The maximum Gasteiger partial charge on any atom is 0.246 e. The molecule has 1 amide bonds. The van der Waals surface area contributed by atoms with Crippen molar-refractivity contribution in [2.75, 3.05) is 7.05 Å². The number of halogens is 2. The quantitative estimate of drug-likeness (QED) is 0.755. The van der Waals surface area contributed by atoms with Gasteiger partial charge in [0.2, 0.25) is 5.91 Å². The highest BCUT2D eigenvalue weighted by Crippen LogP contribution is 2.21. The summed E-state index contributed by atoms with van der Waals surface area (Å²) in [5.74, 6) is -1.95. The summed E-state index contributed by atoms with van der Waals surface area (Å²) in [6.07, 6.45) is 1.51. The molecule has 18 heavy (non-hydrogen) atoms. The van der Waals surface area contributed by atoms with Crippen molar-refractivity contribution >= 4 is 5.91 Å². The van der Waals surface area contributed by atoms with E-state index in [1.807, 2.05) is 13.8 Å². The van der Waals surface area contributed by atoms with Gasteiger partial charge in [-0.15, -0.1) is 0 Å². The zero-order valence-corrected chi connectivity index (χ0v) is 11.0. The van der Waals surface area contributed by atoms with E-state index in [-0.39, 0.29) is 11.9 Å². The van der Waals surface area contributed by atoms with Gasteiger partial charge in [-0.2, -0.15) is 0 Å². The Kier molecular flexibility index (Phi) is 4.59. The summed E-state index contributed by atoms with van der Waals surface area (Å²) >= 11 is 0. The van der Waals surface area contributed by atoms with Gasteiger partial charge < -0.3 is 4.90 Å². The van der Waals surface area contributed by atoms with Crippen molar-refractivity contribution in [3.63, 3.8) is 0 Å². The largest absolute Gasteiger partial charge is 0.335 e. The molecular formula is C14H17F2NO. The molecule has 1 rings (SSSR count). The monoisotopic (exact) mass is 253 g/mol. The van der Waals surface area contributed by atoms with Crippen LogP contribution in [0.3, 0.4) is 0 Å². The number of allylic oxidation sites excluding steroid dienone is 1. The molecule has 1 atom stereocenters. The average molecular weight is 253 g/mol.